The van der Waals surface area contributed by atoms with Gasteiger partial charge >= 0.3 is 11.9 Å². The molecule has 0 aromatic heterocycles. The molecule has 1 saturated carbocycles. The first-order valence-electron chi connectivity index (χ1n) is 7.97. The Labute approximate surface area is 136 Å². The molecule has 0 spiro atoms. The fourth-order valence-electron chi connectivity index (χ4n) is 3.12. The number of carbonyl (C=O) groups excluding carboxylic acids is 3. The van der Waals surface area contributed by atoms with Gasteiger partial charge in [0.15, 0.2) is 0 Å². The molecule has 23 heavy (non-hydrogen) atoms. The van der Waals surface area contributed by atoms with Crippen molar-refractivity contribution in [3.05, 3.63) is 35.9 Å². The first-order valence-corrected chi connectivity index (χ1v) is 7.97. The van der Waals surface area contributed by atoms with Crippen molar-refractivity contribution >= 4 is 17.7 Å². The van der Waals surface area contributed by atoms with Crippen molar-refractivity contribution in [2.45, 2.75) is 38.5 Å². The minimum Gasteiger partial charge on any atom is -0.465 e. The van der Waals surface area contributed by atoms with E-state index >= 15 is 0 Å². The van der Waals surface area contributed by atoms with Gasteiger partial charge in [0, 0.05) is 6.42 Å². The lowest BCUT2D eigenvalue weighted by Gasteiger charge is -2.37. The number of benzene rings is 1. The molecule has 0 heterocycles. The molecular weight excluding hydrogens is 296 g/mol. The Morgan fingerprint density at radius 1 is 1.13 bits per heavy atom. The minimum atomic E-state index is -0.970. The Hall–Kier alpha value is -2.17. The smallest absolute Gasteiger partial charge is 0.316 e. The molecular formula is C18H22O5. The molecule has 5 heteroatoms. The van der Waals surface area contributed by atoms with Crippen LogP contribution in [0, 0.1) is 5.92 Å². The van der Waals surface area contributed by atoms with E-state index in [9.17, 15) is 14.4 Å². The standard InChI is InChI=1S/C18H22O5/c1-3-22-16(20)14-12-18(11-10-15(14)19,17(21)23-4-2)13-8-6-5-7-9-13/h5-9,14H,3-4,10-12H2,1-2H3/t14-,18+/m1/s1. The van der Waals surface area contributed by atoms with Crippen LogP contribution in [0.4, 0.5) is 0 Å². The molecule has 2 rings (SSSR count). The quantitative estimate of drug-likeness (QED) is 0.616. The van der Waals surface area contributed by atoms with Gasteiger partial charge in [-0.15, -0.1) is 0 Å². The summed E-state index contributed by atoms with van der Waals surface area (Å²) in [6.07, 6.45) is 0.620. The number of hydrogen-bond donors (Lipinski definition) is 0. The molecule has 1 aliphatic rings. The second-order valence-corrected chi connectivity index (χ2v) is 5.64. The third-order valence-electron chi connectivity index (χ3n) is 4.30. The van der Waals surface area contributed by atoms with E-state index in [4.69, 9.17) is 9.47 Å². The Morgan fingerprint density at radius 2 is 1.78 bits per heavy atom. The number of hydrogen-bond acceptors (Lipinski definition) is 5. The van der Waals surface area contributed by atoms with Crippen LogP contribution >= 0.6 is 0 Å². The Bertz CT molecular complexity index is 580. The van der Waals surface area contributed by atoms with Crippen molar-refractivity contribution in [2.24, 2.45) is 5.92 Å². The number of Topliss-reactive ketones (excluding diaryl/α,β-unsaturated/α-hetero) is 1. The van der Waals surface area contributed by atoms with Crippen molar-refractivity contribution in [1.29, 1.82) is 0 Å². The van der Waals surface area contributed by atoms with Crippen LogP contribution in [0.15, 0.2) is 30.3 Å². The zero-order chi connectivity index (χ0) is 16.9. The summed E-state index contributed by atoms with van der Waals surface area (Å²) in [5, 5.41) is 0. The second kappa shape index (κ2) is 7.40. The van der Waals surface area contributed by atoms with Crippen LogP contribution in [-0.2, 0) is 29.3 Å². The van der Waals surface area contributed by atoms with Crippen LogP contribution in [-0.4, -0.2) is 30.9 Å². The highest BCUT2D eigenvalue weighted by molar-refractivity contribution is 6.01. The first-order chi connectivity index (χ1) is 11.0. The lowest BCUT2D eigenvalue weighted by molar-refractivity contribution is -0.159. The normalized spacial score (nSPS) is 24.1. The zero-order valence-electron chi connectivity index (χ0n) is 13.5. The van der Waals surface area contributed by atoms with Crippen molar-refractivity contribution < 1.29 is 23.9 Å². The van der Waals surface area contributed by atoms with E-state index in [2.05, 4.69) is 0 Å². The zero-order valence-corrected chi connectivity index (χ0v) is 13.5. The van der Waals surface area contributed by atoms with E-state index in [0.29, 0.717) is 6.42 Å². The maximum atomic E-state index is 12.7. The molecule has 1 fully saturated rings. The lowest BCUT2D eigenvalue weighted by Crippen LogP contribution is -2.47. The summed E-state index contributed by atoms with van der Waals surface area (Å²) >= 11 is 0. The van der Waals surface area contributed by atoms with Crippen LogP contribution < -0.4 is 0 Å². The van der Waals surface area contributed by atoms with Crippen molar-refractivity contribution in [3.8, 4) is 0 Å². The van der Waals surface area contributed by atoms with Gasteiger partial charge in [-0.05, 0) is 32.3 Å². The molecule has 124 valence electrons. The van der Waals surface area contributed by atoms with Gasteiger partial charge < -0.3 is 9.47 Å². The number of esters is 2. The second-order valence-electron chi connectivity index (χ2n) is 5.64. The van der Waals surface area contributed by atoms with Crippen molar-refractivity contribution in [2.75, 3.05) is 13.2 Å². The molecule has 5 nitrogen and oxygen atoms in total. The van der Waals surface area contributed by atoms with Crippen LogP contribution in [0.5, 0.6) is 0 Å². The largest absolute Gasteiger partial charge is 0.465 e. The van der Waals surface area contributed by atoms with Gasteiger partial charge in [0.05, 0.1) is 18.6 Å². The molecule has 0 bridgehead atoms. The van der Waals surface area contributed by atoms with Gasteiger partial charge in [-0.3, -0.25) is 14.4 Å². The van der Waals surface area contributed by atoms with E-state index in [1.54, 1.807) is 13.8 Å². The lowest BCUT2D eigenvalue weighted by atomic mass is 9.65. The fourth-order valence-corrected chi connectivity index (χ4v) is 3.12. The average molecular weight is 318 g/mol. The van der Waals surface area contributed by atoms with Gasteiger partial charge in [-0.2, -0.15) is 0 Å². The van der Waals surface area contributed by atoms with Crippen LogP contribution in [0.25, 0.3) is 0 Å². The summed E-state index contributed by atoms with van der Waals surface area (Å²) in [6, 6.07) is 9.22. The third kappa shape index (κ3) is 3.44. The van der Waals surface area contributed by atoms with Crippen LogP contribution in [0.2, 0.25) is 0 Å². The summed E-state index contributed by atoms with van der Waals surface area (Å²) in [4.78, 5) is 36.9. The van der Waals surface area contributed by atoms with Gasteiger partial charge in [0.2, 0.25) is 0 Å². The maximum absolute atomic E-state index is 12.7. The van der Waals surface area contributed by atoms with Crippen LogP contribution in [0.3, 0.4) is 0 Å². The molecule has 0 saturated heterocycles. The molecule has 1 aromatic rings. The summed E-state index contributed by atoms with van der Waals surface area (Å²) in [5.41, 5.74) is -0.192. The van der Waals surface area contributed by atoms with E-state index in [1.807, 2.05) is 30.3 Å². The van der Waals surface area contributed by atoms with Gasteiger partial charge in [0.1, 0.15) is 11.7 Å². The first kappa shape index (κ1) is 17.2. The predicted octanol–water partition coefficient (Wildman–Crippen LogP) is 2.42. The molecule has 2 atom stereocenters. The third-order valence-corrected chi connectivity index (χ3v) is 4.30. The monoisotopic (exact) mass is 318 g/mol. The average Bonchev–Trinajstić information content (AvgIpc) is 2.56. The van der Waals surface area contributed by atoms with Gasteiger partial charge in [-0.1, -0.05) is 30.3 Å². The van der Waals surface area contributed by atoms with Crippen molar-refractivity contribution in [1.82, 2.24) is 0 Å². The van der Waals surface area contributed by atoms with E-state index in [0.717, 1.165) is 5.56 Å². The Morgan fingerprint density at radius 3 is 2.39 bits per heavy atom. The van der Waals surface area contributed by atoms with Gasteiger partial charge in [-0.25, -0.2) is 0 Å². The van der Waals surface area contributed by atoms with Crippen molar-refractivity contribution in [3.63, 3.8) is 0 Å². The predicted molar refractivity (Wildman–Crippen MR) is 83.7 cm³/mol. The summed E-state index contributed by atoms with van der Waals surface area (Å²) in [6.45, 7) is 3.90. The molecule has 1 aliphatic carbocycles. The maximum Gasteiger partial charge on any atom is 0.316 e. The van der Waals surface area contributed by atoms with E-state index in [-0.39, 0.29) is 37.8 Å². The molecule has 0 aliphatic heterocycles. The SMILES string of the molecule is CCOC(=O)[C@@H]1C[C@](C(=O)OCC)(c2ccccc2)CCC1=O. The Balaban J connectivity index is 2.40. The number of rotatable bonds is 5. The van der Waals surface area contributed by atoms with E-state index < -0.39 is 17.3 Å². The summed E-state index contributed by atoms with van der Waals surface area (Å²) in [5.74, 6) is -2.01. The highest BCUT2D eigenvalue weighted by Crippen LogP contribution is 2.42. The minimum absolute atomic E-state index is 0.105. The van der Waals surface area contributed by atoms with Gasteiger partial charge in [0.25, 0.3) is 0 Å². The number of carbonyl (C=O) groups is 3. The molecule has 0 unspecified atom stereocenters. The molecule has 0 radical (unpaired) electrons. The van der Waals surface area contributed by atoms with Crippen LogP contribution in [0.1, 0.15) is 38.7 Å². The fraction of sp³-hybridized carbons (Fsp3) is 0.500. The number of ether oxygens (including phenoxy) is 2. The highest BCUT2D eigenvalue weighted by Gasteiger charge is 2.50. The highest BCUT2D eigenvalue weighted by atomic mass is 16.5. The molecule has 0 N–H and O–H groups in total. The molecule has 1 aromatic carbocycles. The van der Waals surface area contributed by atoms with E-state index in [1.165, 1.54) is 0 Å². The number of ketones is 1. The topological polar surface area (TPSA) is 69.7 Å². The Kier molecular flexibility index (Phi) is 5.53. The summed E-state index contributed by atoms with van der Waals surface area (Å²) < 4.78 is 10.3. The summed E-state index contributed by atoms with van der Waals surface area (Å²) in [7, 11) is 0. The molecule has 0 amide bonds.